The van der Waals surface area contributed by atoms with Gasteiger partial charge in [-0.1, -0.05) is 26.8 Å². The highest BCUT2D eigenvalue weighted by Crippen LogP contribution is 2.20. The van der Waals surface area contributed by atoms with Gasteiger partial charge in [-0.2, -0.15) is 0 Å². The number of hydrogen-bond acceptors (Lipinski definition) is 3. The largest absolute Gasteiger partial charge is 0.391 e. The molecule has 2 N–H and O–H groups in total. The Morgan fingerprint density at radius 2 is 2.05 bits per heavy atom. The van der Waals surface area contributed by atoms with Gasteiger partial charge < -0.3 is 15.3 Å². The average Bonchev–Trinajstić information content (AvgIpc) is 2.46. The summed E-state index contributed by atoms with van der Waals surface area (Å²) in [5.74, 6) is -0.198. The highest BCUT2D eigenvalue weighted by molar-refractivity contribution is 5.98. The van der Waals surface area contributed by atoms with E-state index in [2.05, 4.69) is 5.32 Å². The number of amides is 2. The summed E-state index contributed by atoms with van der Waals surface area (Å²) in [6.07, 6.45) is 1.11. The molecular formula is C17H24N2O3. The van der Waals surface area contributed by atoms with E-state index in [9.17, 15) is 14.7 Å². The van der Waals surface area contributed by atoms with Gasteiger partial charge in [-0.3, -0.25) is 9.59 Å². The fourth-order valence-corrected chi connectivity index (χ4v) is 2.37. The Hall–Kier alpha value is -1.88. The number of β-amino-alcohol motifs (C(OH)–C–C–N with tert-alkyl or cyclic N) is 1. The highest BCUT2D eigenvalue weighted by atomic mass is 16.3. The van der Waals surface area contributed by atoms with Crippen LogP contribution in [0.1, 0.15) is 44.0 Å². The third-order valence-corrected chi connectivity index (χ3v) is 3.73. The van der Waals surface area contributed by atoms with Crippen LogP contribution in [0.25, 0.3) is 0 Å². The Balaban J connectivity index is 2.11. The van der Waals surface area contributed by atoms with Crippen LogP contribution >= 0.6 is 0 Å². The molecular weight excluding hydrogens is 280 g/mol. The molecule has 1 heterocycles. The third kappa shape index (κ3) is 4.07. The minimum absolute atomic E-state index is 0.0921. The molecule has 22 heavy (non-hydrogen) atoms. The first-order valence-electron chi connectivity index (χ1n) is 7.66. The van der Waals surface area contributed by atoms with E-state index >= 15 is 0 Å². The number of carbonyl (C=O) groups is 2. The van der Waals surface area contributed by atoms with Crippen LogP contribution in [0.3, 0.4) is 0 Å². The number of benzene rings is 1. The fraction of sp³-hybridized carbons (Fsp3) is 0.529. The molecule has 0 saturated carbocycles. The molecule has 0 aliphatic carbocycles. The van der Waals surface area contributed by atoms with Gasteiger partial charge in [-0.25, -0.2) is 0 Å². The second-order valence-corrected chi connectivity index (χ2v) is 6.83. The minimum Gasteiger partial charge on any atom is -0.391 e. The van der Waals surface area contributed by atoms with E-state index in [1.807, 2.05) is 20.8 Å². The van der Waals surface area contributed by atoms with Crippen molar-refractivity contribution in [3.8, 4) is 0 Å². The molecule has 1 aliphatic rings. The van der Waals surface area contributed by atoms with E-state index in [1.54, 1.807) is 29.2 Å². The van der Waals surface area contributed by atoms with Crippen molar-refractivity contribution >= 4 is 17.5 Å². The van der Waals surface area contributed by atoms with Gasteiger partial charge in [0.1, 0.15) is 0 Å². The lowest BCUT2D eigenvalue weighted by Crippen LogP contribution is -2.42. The lowest BCUT2D eigenvalue weighted by atomic mass is 9.95. The summed E-state index contributed by atoms with van der Waals surface area (Å²) < 4.78 is 0. The van der Waals surface area contributed by atoms with Crippen molar-refractivity contribution in [3.05, 3.63) is 29.8 Å². The van der Waals surface area contributed by atoms with E-state index in [-0.39, 0.29) is 11.8 Å². The van der Waals surface area contributed by atoms with E-state index in [4.69, 9.17) is 0 Å². The van der Waals surface area contributed by atoms with Crippen LogP contribution in [0.2, 0.25) is 0 Å². The van der Waals surface area contributed by atoms with Crippen molar-refractivity contribution in [3.63, 3.8) is 0 Å². The van der Waals surface area contributed by atoms with E-state index in [0.717, 1.165) is 12.8 Å². The summed E-state index contributed by atoms with van der Waals surface area (Å²) in [4.78, 5) is 26.2. The van der Waals surface area contributed by atoms with Gasteiger partial charge in [-0.15, -0.1) is 0 Å². The van der Waals surface area contributed by atoms with Crippen LogP contribution in [-0.2, 0) is 4.79 Å². The van der Waals surface area contributed by atoms with E-state index in [1.165, 1.54) is 0 Å². The molecule has 1 fully saturated rings. The zero-order valence-electron chi connectivity index (χ0n) is 13.4. The molecule has 1 aromatic carbocycles. The molecule has 0 radical (unpaired) electrons. The molecule has 2 amide bonds. The number of piperidine rings is 1. The summed E-state index contributed by atoms with van der Waals surface area (Å²) in [6.45, 7) is 6.55. The minimum atomic E-state index is -0.489. The monoisotopic (exact) mass is 304 g/mol. The average molecular weight is 304 g/mol. The molecule has 5 heteroatoms. The van der Waals surface area contributed by atoms with Crippen LogP contribution in [0.4, 0.5) is 5.69 Å². The first-order chi connectivity index (χ1) is 10.3. The Kier molecular flexibility index (Phi) is 4.86. The van der Waals surface area contributed by atoms with Crippen molar-refractivity contribution in [2.45, 2.75) is 39.7 Å². The van der Waals surface area contributed by atoms with Gasteiger partial charge >= 0.3 is 0 Å². The van der Waals surface area contributed by atoms with Crippen molar-refractivity contribution in [1.29, 1.82) is 0 Å². The Labute approximate surface area is 131 Å². The number of nitrogens with one attached hydrogen (secondary N) is 1. The maximum absolute atomic E-state index is 12.5. The van der Waals surface area contributed by atoms with Crippen LogP contribution in [0.5, 0.6) is 0 Å². The molecule has 1 aromatic rings. The third-order valence-electron chi connectivity index (χ3n) is 3.73. The molecule has 120 valence electrons. The van der Waals surface area contributed by atoms with Crippen LogP contribution < -0.4 is 5.32 Å². The summed E-state index contributed by atoms with van der Waals surface area (Å²) in [5.41, 5.74) is 0.654. The Morgan fingerprint density at radius 3 is 2.68 bits per heavy atom. The summed E-state index contributed by atoms with van der Waals surface area (Å²) in [7, 11) is 0. The standard InChI is InChI=1S/C17H24N2O3/c1-17(2,3)16(22)18-13-7-4-6-12(10-13)15(21)19-9-5-8-14(20)11-19/h4,6-7,10,14,20H,5,8-9,11H2,1-3H3,(H,18,22). The molecule has 2 rings (SSSR count). The lowest BCUT2D eigenvalue weighted by molar-refractivity contribution is -0.123. The summed E-state index contributed by atoms with van der Waals surface area (Å²) >= 11 is 0. The molecule has 5 nitrogen and oxygen atoms in total. The van der Waals surface area contributed by atoms with Crippen molar-refractivity contribution in [1.82, 2.24) is 4.90 Å². The summed E-state index contributed by atoms with van der Waals surface area (Å²) in [5, 5.41) is 12.5. The molecule has 1 atom stereocenters. The van der Waals surface area contributed by atoms with Gasteiger partial charge in [-0.05, 0) is 31.0 Å². The second kappa shape index (κ2) is 6.48. The zero-order valence-corrected chi connectivity index (χ0v) is 13.4. The van der Waals surface area contributed by atoms with Crippen molar-refractivity contribution in [2.24, 2.45) is 5.41 Å². The predicted molar refractivity (Wildman–Crippen MR) is 85.7 cm³/mol. The number of aliphatic hydroxyl groups excluding tert-OH is 1. The number of nitrogens with zero attached hydrogens (tertiary/aromatic N) is 1. The maximum Gasteiger partial charge on any atom is 0.254 e. The van der Waals surface area contributed by atoms with Crippen LogP contribution in [-0.4, -0.2) is 41.0 Å². The molecule has 1 unspecified atom stereocenters. The number of aliphatic hydroxyl groups is 1. The second-order valence-electron chi connectivity index (χ2n) is 6.83. The molecule has 1 saturated heterocycles. The van der Waals surface area contributed by atoms with Gasteiger partial charge in [0.05, 0.1) is 6.10 Å². The number of rotatable bonds is 2. The van der Waals surface area contributed by atoms with E-state index in [0.29, 0.717) is 24.3 Å². The van der Waals surface area contributed by atoms with Crippen molar-refractivity contribution < 1.29 is 14.7 Å². The fourth-order valence-electron chi connectivity index (χ4n) is 2.37. The number of likely N-dealkylation sites (tertiary alicyclic amines) is 1. The van der Waals surface area contributed by atoms with Crippen molar-refractivity contribution in [2.75, 3.05) is 18.4 Å². The molecule has 0 bridgehead atoms. The topological polar surface area (TPSA) is 69.6 Å². The molecule has 0 spiro atoms. The lowest BCUT2D eigenvalue weighted by Gasteiger charge is -2.30. The van der Waals surface area contributed by atoms with Gasteiger partial charge in [0.25, 0.3) is 5.91 Å². The molecule has 1 aliphatic heterocycles. The number of hydrogen-bond donors (Lipinski definition) is 2. The number of carbonyl (C=O) groups excluding carboxylic acids is 2. The zero-order chi connectivity index (χ0) is 16.3. The Morgan fingerprint density at radius 1 is 1.32 bits per heavy atom. The quantitative estimate of drug-likeness (QED) is 0.880. The first kappa shape index (κ1) is 16.5. The smallest absolute Gasteiger partial charge is 0.254 e. The highest BCUT2D eigenvalue weighted by Gasteiger charge is 2.24. The van der Waals surface area contributed by atoms with Gasteiger partial charge in [0, 0.05) is 29.8 Å². The van der Waals surface area contributed by atoms with Crippen LogP contribution in [0, 0.1) is 5.41 Å². The Bertz CT molecular complexity index is 563. The normalized spacial score (nSPS) is 18.9. The molecule has 0 aromatic heterocycles. The van der Waals surface area contributed by atoms with Gasteiger partial charge in [0.2, 0.25) is 5.91 Å². The van der Waals surface area contributed by atoms with E-state index < -0.39 is 11.5 Å². The summed E-state index contributed by atoms with van der Waals surface area (Å²) in [6, 6.07) is 6.94. The number of anilines is 1. The predicted octanol–water partition coefficient (Wildman–Crippen LogP) is 2.27. The van der Waals surface area contributed by atoms with Gasteiger partial charge in [0.15, 0.2) is 0 Å². The maximum atomic E-state index is 12.5. The SMILES string of the molecule is CC(C)(C)C(=O)Nc1cccc(C(=O)N2CCCC(O)C2)c1. The first-order valence-corrected chi connectivity index (χ1v) is 7.66. The van der Waals surface area contributed by atoms with Crippen LogP contribution in [0.15, 0.2) is 24.3 Å².